The topological polar surface area (TPSA) is 59.1 Å². The van der Waals surface area contributed by atoms with Gasteiger partial charge in [-0.25, -0.2) is 4.98 Å². The van der Waals surface area contributed by atoms with Crippen molar-refractivity contribution in [1.29, 1.82) is 0 Å². The van der Waals surface area contributed by atoms with E-state index in [0.29, 0.717) is 23.4 Å². The quantitative estimate of drug-likeness (QED) is 0.356. The Kier molecular flexibility index (Phi) is 4.66. The van der Waals surface area contributed by atoms with Gasteiger partial charge >= 0.3 is 6.18 Å². The first-order valence-electron chi connectivity index (χ1n) is 10.2. The highest BCUT2D eigenvalue weighted by Crippen LogP contribution is 2.41. The molecule has 0 saturated heterocycles. The van der Waals surface area contributed by atoms with Crippen LogP contribution in [0.3, 0.4) is 0 Å². The zero-order valence-corrected chi connectivity index (χ0v) is 16.9. The highest BCUT2D eigenvalue weighted by atomic mass is 19.4. The molecule has 3 N–H and O–H groups in total. The molecule has 3 aromatic carbocycles. The van der Waals surface area contributed by atoms with Gasteiger partial charge in [-0.2, -0.15) is 13.2 Å². The van der Waals surface area contributed by atoms with Crippen LogP contribution in [0.5, 0.6) is 5.75 Å². The van der Waals surface area contributed by atoms with Crippen LogP contribution >= 0.6 is 0 Å². The van der Waals surface area contributed by atoms with E-state index in [1.54, 1.807) is 30.3 Å². The van der Waals surface area contributed by atoms with E-state index in [0.717, 1.165) is 46.0 Å². The minimum absolute atomic E-state index is 0.130. The van der Waals surface area contributed by atoms with Crippen LogP contribution in [0.4, 0.5) is 18.9 Å². The van der Waals surface area contributed by atoms with Crippen LogP contribution in [-0.4, -0.2) is 10.1 Å². The summed E-state index contributed by atoms with van der Waals surface area (Å²) in [5.74, 6) is 0.130. The average Bonchev–Trinajstić information content (AvgIpc) is 2.78. The molecule has 1 aliphatic carbocycles. The highest BCUT2D eigenvalue weighted by Gasteiger charge is 2.31. The molecule has 0 bridgehead atoms. The monoisotopic (exact) mass is 432 g/mol. The van der Waals surface area contributed by atoms with Crippen LogP contribution in [0.25, 0.3) is 33.6 Å². The number of nitrogens with zero attached hydrogens (tertiary/aromatic N) is 1. The lowest BCUT2D eigenvalue weighted by atomic mass is 9.83. The number of nitrogen functional groups attached to an aromatic ring is 1. The van der Waals surface area contributed by atoms with Crippen LogP contribution in [0.2, 0.25) is 0 Å². The Morgan fingerprint density at radius 1 is 0.812 bits per heavy atom. The molecule has 6 heteroatoms. The zero-order chi connectivity index (χ0) is 22.5. The summed E-state index contributed by atoms with van der Waals surface area (Å²) in [4.78, 5) is 4.90. The molecule has 160 valence electrons. The molecule has 1 aliphatic rings. The largest absolute Gasteiger partial charge is 0.508 e. The van der Waals surface area contributed by atoms with Crippen LogP contribution in [0, 0.1) is 0 Å². The maximum atomic E-state index is 13.4. The molecule has 0 amide bonds. The Balaban J connectivity index is 1.77. The number of benzene rings is 3. The zero-order valence-electron chi connectivity index (χ0n) is 16.9. The number of hydrogen-bond acceptors (Lipinski definition) is 3. The van der Waals surface area contributed by atoms with Crippen LogP contribution in [0.1, 0.15) is 16.7 Å². The summed E-state index contributed by atoms with van der Waals surface area (Å²) in [7, 11) is 0. The third kappa shape index (κ3) is 3.58. The number of nitrogens with two attached hydrogens (primary N) is 1. The van der Waals surface area contributed by atoms with Gasteiger partial charge in [-0.3, -0.25) is 0 Å². The van der Waals surface area contributed by atoms with E-state index in [9.17, 15) is 18.3 Å². The number of aryl methyl sites for hydroxylation is 1. The number of alkyl halides is 3. The number of aromatic hydroxyl groups is 1. The third-order valence-electron chi connectivity index (χ3n) is 5.82. The van der Waals surface area contributed by atoms with E-state index in [1.807, 2.05) is 24.3 Å². The molecule has 0 radical (unpaired) electrons. The molecule has 4 aromatic rings. The van der Waals surface area contributed by atoms with Gasteiger partial charge in [0.05, 0.1) is 17.0 Å². The van der Waals surface area contributed by atoms with E-state index in [1.165, 1.54) is 12.1 Å². The Morgan fingerprint density at radius 2 is 1.59 bits per heavy atom. The standard InChI is InChI=1S/C26H19F3N2O/c27-26(28,29)18-3-1-2-16(12-18)23-14-24(15-4-8-20(32)9-5-15)31-25-21-11-7-19(30)13-17(21)6-10-22(23)25/h1-5,7-9,11-14,32H,6,10,30H2. The fourth-order valence-electron chi connectivity index (χ4n) is 4.26. The molecular weight excluding hydrogens is 413 g/mol. The van der Waals surface area contributed by atoms with Gasteiger partial charge in [0.25, 0.3) is 0 Å². The van der Waals surface area contributed by atoms with Gasteiger partial charge in [0.1, 0.15) is 5.75 Å². The number of fused-ring (bicyclic) bond motifs is 3. The third-order valence-corrected chi connectivity index (χ3v) is 5.82. The lowest BCUT2D eigenvalue weighted by Crippen LogP contribution is -2.10. The molecular formula is C26H19F3N2O. The molecule has 0 saturated carbocycles. The summed E-state index contributed by atoms with van der Waals surface area (Å²) < 4.78 is 40.2. The Labute approximate surface area is 183 Å². The number of halogens is 3. The summed E-state index contributed by atoms with van der Waals surface area (Å²) in [5, 5.41) is 9.65. The van der Waals surface area contributed by atoms with Crippen molar-refractivity contribution in [2.75, 3.05) is 5.73 Å². The summed E-state index contributed by atoms with van der Waals surface area (Å²) in [6.07, 6.45) is -3.03. The van der Waals surface area contributed by atoms with Crippen molar-refractivity contribution in [3.63, 3.8) is 0 Å². The van der Waals surface area contributed by atoms with Crippen LogP contribution in [-0.2, 0) is 19.0 Å². The number of pyridine rings is 1. The Morgan fingerprint density at radius 3 is 2.34 bits per heavy atom. The molecule has 0 aliphatic heterocycles. The molecule has 3 nitrogen and oxygen atoms in total. The average molecular weight is 432 g/mol. The van der Waals surface area contributed by atoms with Gasteiger partial charge in [0.2, 0.25) is 0 Å². The van der Waals surface area contributed by atoms with Gasteiger partial charge in [0, 0.05) is 16.8 Å². The van der Waals surface area contributed by atoms with Crippen LogP contribution in [0.15, 0.2) is 72.8 Å². The number of phenols is 1. The van der Waals surface area contributed by atoms with Crippen molar-refractivity contribution in [2.24, 2.45) is 0 Å². The summed E-state index contributed by atoms with van der Waals surface area (Å²) in [5.41, 5.74) is 12.2. The number of rotatable bonds is 2. The van der Waals surface area contributed by atoms with Gasteiger partial charge in [-0.15, -0.1) is 0 Å². The van der Waals surface area contributed by atoms with Crippen LogP contribution < -0.4 is 5.73 Å². The molecule has 0 unspecified atom stereocenters. The second-order valence-corrected chi connectivity index (χ2v) is 7.92. The normalized spacial score (nSPS) is 12.8. The molecule has 5 rings (SSSR count). The van der Waals surface area contributed by atoms with E-state index >= 15 is 0 Å². The summed E-state index contributed by atoms with van der Waals surface area (Å²) in [6.45, 7) is 0. The maximum absolute atomic E-state index is 13.4. The van der Waals surface area contributed by atoms with Gasteiger partial charge in [-0.1, -0.05) is 18.2 Å². The van der Waals surface area contributed by atoms with Crippen molar-refractivity contribution in [3.8, 4) is 39.4 Å². The first-order valence-corrected chi connectivity index (χ1v) is 10.2. The maximum Gasteiger partial charge on any atom is 0.416 e. The number of aromatic nitrogens is 1. The number of anilines is 1. The first-order chi connectivity index (χ1) is 15.3. The molecule has 0 spiro atoms. The van der Waals surface area contributed by atoms with Crippen molar-refractivity contribution in [3.05, 3.63) is 89.5 Å². The molecule has 1 heterocycles. The van der Waals surface area contributed by atoms with E-state index in [4.69, 9.17) is 10.7 Å². The minimum atomic E-state index is -4.42. The van der Waals surface area contributed by atoms with E-state index < -0.39 is 11.7 Å². The molecule has 32 heavy (non-hydrogen) atoms. The lowest BCUT2D eigenvalue weighted by molar-refractivity contribution is -0.137. The van der Waals surface area contributed by atoms with Gasteiger partial charge < -0.3 is 10.8 Å². The molecule has 0 atom stereocenters. The summed E-state index contributed by atoms with van der Waals surface area (Å²) in [6, 6.07) is 19.5. The molecule has 1 aromatic heterocycles. The minimum Gasteiger partial charge on any atom is -0.508 e. The van der Waals surface area contributed by atoms with E-state index in [-0.39, 0.29) is 5.75 Å². The Hall–Kier alpha value is -3.80. The second-order valence-electron chi connectivity index (χ2n) is 7.92. The van der Waals surface area contributed by atoms with Gasteiger partial charge in [0.15, 0.2) is 0 Å². The smallest absolute Gasteiger partial charge is 0.416 e. The van der Waals surface area contributed by atoms with Crippen molar-refractivity contribution in [1.82, 2.24) is 4.98 Å². The first kappa shape index (κ1) is 20.1. The SMILES string of the molecule is Nc1ccc2c(c1)CCc1c(-c3cccc(C(F)(F)F)c3)cc(-c3ccc(O)cc3)nc1-2. The highest BCUT2D eigenvalue weighted by molar-refractivity contribution is 5.84. The van der Waals surface area contributed by atoms with Gasteiger partial charge in [-0.05, 0) is 89.7 Å². The lowest BCUT2D eigenvalue weighted by Gasteiger charge is -2.24. The van der Waals surface area contributed by atoms with E-state index in [2.05, 4.69) is 0 Å². The fraction of sp³-hybridized carbons (Fsp3) is 0.115. The summed E-state index contributed by atoms with van der Waals surface area (Å²) >= 11 is 0. The van der Waals surface area contributed by atoms with Crippen molar-refractivity contribution in [2.45, 2.75) is 19.0 Å². The predicted molar refractivity (Wildman–Crippen MR) is 119 cm³/mol. The fourth-order valence-corrected chi connectivity index (χ4v) is 4.26. The molecule has 0 fully saturated rings. The second kappa shape index (κ2) is 7.41. The predicted octanol–water partition coefficient (Wildman–Crippen LogP) is 6.49. The number of hydrogen-bond donors (Lipinski definition) is 2. The number of phenolic OH excluding ortho intramolecular Hbond substituents is 1. The Bertz CT molecular complexity index is 1330. The van der Waals surface area contributed by atoms with Crippen molar-refractivity contribution < 1.29 is 18.3 Å². The van der Waals surface area contributed by atoms with Crippen molar-refractivity contribution >= 4 is 5.69 Å².